The van der Waals surface area contributed by atoms with Gasteiger partial charge in [0.15, 0.2) is 0 Å². The standard InChI is InChI=1S/C44H67N4/c1-26(2)31-23-36(29(7)8)41(37(24-31)30(9)10)43(46-42-32(27(3)4)19-16-20-33(42)28(5)6)44-45-40(25-47(44)11)48-38-21-14-12-17-34(38)35-18-13-15-22-39(35)48/h12-15,17-18,21,25-33,36-37,41-43,46H,16,19-20,22-24H2,1-11H3/q+1. The number of benzene rings is 1. The van der Waals surface area contributed by atoms with E-state index in [1.807, 2.05) is 0 Å². The van der Waals surface area contributed by atoms with Gasteiger partial charge in [-0.15, -0.1) is 0 Å². The fourth-order valence-electron chi connectivity index (χ4n) is 10.6. The van der Waals surface area contributed by atoms with Crippen molar-refractivity contribution in [3.8, 4) is 0 Å². The number of allylic oxidation sites excluding steroid dienone is 4. The van der Waals surface area contributed by atoms with Crippen molar-refractivity contribution in [1.29, 1.82) is 0 Å². The Balaban J connectivity index is 1.51. The lowest BCUT2D eigenvalue weighted by molar-refractivity contribution is -0.00881. The van der Waals surface area contributed by atoms with Gasteiger partial charge in [0, 0.05) is 30.6 Å². The SMILES string of the molecule is CC(C)C1CC(C(C)C)C(C(NC2C(C(C)C)CCCC2C(C)C)c2nc([N+]3=C4CC=CC=C4c4ccccc43)cn2C)C(C(C)C)C1. The molecular formula is C44H67N4+. The Morgan fingerprint density at radius 2 is 1.40 bits per heavy atom. The van der Waals surface area contributed by atoms with Crippen LogP contribution in [0.2, 0.25) is 0 Å². The van der Waals surface area contributed by atoms with E-state index in [9.17, 15) is 0 Å². The monoisotopic (exact) mass is 652 g/mol. The van der Waals surface area contributed by atoms with E-state index in [4.69, 9.17) is 4.98 Å². The van der Waals surface area contributed by atoms with E-state index in [1.165, 1.54) is 60.5 Å². The molecule has 262 valence electrons. The molecule has 5 atom stereocenters. The van der Waals surface area contributed by atoms with Crippen LogP contribution in [0.3, 0.4) is 0 Å². The van der Waals surface area contributed by atoms with E-state index in [0.29, 0.717) is 59.3 Å². The van der Waals surface area contributed by atoms with Crippen molar-refractivity contribution in [3.05, 3.63) is 60.1 Å². The molecule has 4 aliphatic rings. The van der Waals surface area contributed by atoms with Crippen molar-refractivity contribution >= 4 is 22.8 Å². The van der Waals surface area contributed by atoms with E-state index in [1.54, 1.807) is 0 Å². The molecule has 0 spiro atoms. The number of nitrogens with one attached hydrogen (secondary N) is 1. The normalized spacial score (nSPS) is 29.8. The average molecular weight is 652 g/mol. The molecule has 1 aromatic carbocycles. The molecule has 5 unspecified atom stereocenters. The Labute approximate surface area is 293 Å². The number of nitrogens with zero attached hydrogens (tertiary/aromatic N) is 3. The molecule has 1 N–H and O–H groups in total. The fourth-order valence-corrected chi connectivity index (χ4v) is 10.6. The van der Waals surface area contributed by atoms with E-state index in [0.717, 1.165) is 24.1 Å². The smallest absolute Gasteiger partial charge is 0.310 e. The minimum atomic E-state index is 0.214. The Morgan fingerprint density at radius 1 is 0.792 bits per heavy atom. The highest BCUT2D eigenvalue weighted by molar-refractivity contribution is 6.31. The molecule has 2 saturated carbocycles. The van der Waals surface area contributed by atoms with Gasteiger partial charge in [0.05, 0.1) is 6.04 Å². The largest absolute Gasteiger partial charge is 0.347 e. The zero-order valence-electron chi connectivity index (χ0n) is 32.2. The Kier molecular flexibility index (Phi) is 10.6. The molecule has 3 aliphatic carbocycles. The fraction of sp³-hybridized carbons (Fsp3) is 0.682. The van der Waals surface area contributed by atoms with Crippen molar-refractivity contribution in [3.63, 3.8) is 0 Å². The average Bonchev–Trinajstić information content (AvgIpc) is 3.59. The maximum atomic E-state index is 5.76. The van der Waals surface area contributed by atoms with E-state index in [-0.39, 0.29) is 6.04 Å². The molecule has 6 rings (SSSR count). The summed E-state index contributed by atoms with van der Waals surface area (Å²) in [5.74, 6) is 9.70. The molecule has 2 aromatic rings. The third kappa shape index (κ3) is 6.57. The van der Waals surface area contributed by atoms with E-state index in [2.05, 4.69) is 139 Å². The molecule has 2 fully saturated rings. The minimum absolute atomic E-state index is 0.214. The second kappa shape index (κ2) is 14.4. The highest BCUT2D eigenvalue weighted by Crippen LogP contribution is 2.53. The lowest BCUT2D eigenvalue weighted by atomic mass is 9.57. The maximum Gasteiger partial charge on any atom is 0.347 e. The Hall–Kier alpha value is -2.46. The van der Waals surface area contributed by atoms with Crippen molar-refractivity contribution in [2.45, 2.75) is 120 Å². The van der Waals surface area contributed by atoms with Gasteiger partial charge in [0.1, 0.15) is 17.6 Å². The summed E-state index contributed by atoms with van der Waals surface area (Å²) in [6.07, 6.45) is 16.8. The lowest BCUT2D eigenvalue weighted by Crippen LogP contribution is -2.54. The number of hydrogen-bond acceptors (Lipinski definition) is 2. The first-order chi connectivity index (χ1) is 22.9. The first-order valence-electron chi connectivity index (χ1n) is 19.8. The van der Waals surface area contributed by atoms with Gasteiger partial charge in [-0.05, 0) is 108 Å². The van der Waals surface area contributed by atoms with Gasteiger partial charge in [-0.1, -0.05) is 106 Å². The third-order valence-corrected chi connectivity index (χ3v) is 13.4. The first-order valence-corrected chi connectivity index (χ1v) is 19.8. The maximum absolute atomic E-state index is 5.76. The molecule has 0 amide bonds. The van der Waals surface area contributed by atoms with Crippen LogP contribution in [0.25, 0.3) is 5.57 Å². The molecular weight excluding hydrogens is 585 g/mol. The van der Waals surface area contributed by atoms with E-state index >= 15 is 0 Å². The summed E-state index contributed by atoms with van der Waals surface area (Å²) >= 11 is 0. The molecule has 0 saturated heterocycles. The first kappa shape index (κ1) is 35.4. The molecule has 2 heterocycles. The number of aryl methyl sites for hydroxylation is 1. The van der Waals surface area contributed by atoms with Gasteiger partial charge in [-0.3, -0.25) is 0 Å². The van der Waals surface area contributed by atoms with Crippen molar-refractivity contribution in [2.24, 2.45) is 72.1 Å². The van der Waals surface area contributed by atoms with Crippen LogP contribution >= 0.6 is 0 Å². The summed E-state index contributed by atoms with van der Waals surface area (Å²) in [4.78, 5) is 5.76. The van der Waals surface area contributed by atoms with Crippen LogP contribution in [0.1, 0.15) is 125 Å². The number of imidazole rings is 1. The number of fused-ring (bicyclic) bond motifs is 3. The molecule has 48 heavy (non-hydrogen) atoms. The summed E-state index contributed by atoms with van der Waals surface area (Å²) < 4.78 is 4.88. The van der Waals surface area contributed by atoms with Crippen LogP contribution in [0.5, 0.6) is 0 Å². The molecule has 0 bridgehead atoms. The lowest BCUT2D eigenvalue weighted by Gasteiger charge is -2.51. The molecule has 1 aromatic heterocycles. The molecule has 1 aliphatic heterocycles. The summed E-state index contributed by atoms with van der Waals surface area (Å²) in [5.41, 5.74) is 5.30. The number of aromatic nitrogens is 2. The second-order valence-electron chi connectivity index (χ2n) is 17.9. The Morgan fingerprint density at radius 3 is 1.98 bits per heavy atom. The van der Waals surface area contributed by atoms with Crippen LogP contribution in [0.4, 0.5) is 11.5 Å². The molecule has 4 heteroatoms. The Bertz CT molecular complexity index is 1480. The zero-order chi connectivity index (χ0) is 34.4. The van der Waals surface area contributed by atoms with Crippen LogP contribution < -0.4 is 9.89 Å². The number of rotatable bonds is 10. The molecule has 0 radical (unpaired) electrons. The third-order valence-electron chi connectivity index (χ3n) is 13.4. The summed E-state index contributed by atoms with van der Waals surface area (Å²) in [6, 6.07) is 9.64. The highest BCUT2D eigenvalue weighted by Gasteiger charge is 2.50. The van der Waals surface area contributed by atoms with Crippen molar-refractivity contribution < 1.29 is 0 Å². The van der Waals surface area contributed by atoms with E-state index < -0.39 is 0 Å². The summed E-state index contributed by atoms with van der Waals surface area (Å²) in [5, 5.41) is 4.61. The van der Waals surface area contributed by atoms with Gasteiger partial charge >= 0.3 is 5.82 Å². The van der Waals surface area contributed by atoms with Gasteiger partial charge in [0.2, 0.25) is 5.82 Å². The molecule has 4 nitrogen and oxygen atoms in total. The van der Waals surface area contributed by atoms with Gasteiger partial charge in [-0.25, -0.2) is 0 Å². The topological polar surface area (TPSA) is 32.9 Å². The van der Waals surface area contributed by atoms with Crippen LogP contribution in [-0.2, 0) is 7.05 Å². The summed E-state index contributed by atoms with van der Waals surface area (Å²) in [7, 11) is 2.28. The van der Waals surface area contributed by atoms with Crippen molar-refractivity contribution in [2.75, 3.05) is 0 Å². The minimum Gasteiger partial charge on any atom is -0.310 e. The van der Waals surface area contributed by atoms with Crippen LogP contribution in [0, 0.1) is 65.1 Å². The highest BCUT2D eigenvalue weighted by atomic mass is 15.2. The quantitative estimate of drug-likeness (QED) is 0.259. The van der Waals surface area contributed by atoms with Gasteiger partial charge < -0.3 is 9.88 Å². The van der Waals surface area contributed by atoms with Gasteiger partial charge in [0.25, 0.3) is 0 Å². The van der Waals surface area contributed by atoms with Crippen molar-refractivity contribution in [1.82, 2.24) is 19.4 Å². The number of para-hydroxylation sites is 1. The van der Waals surface area contributed by atoms with Crippen LogP contribution in [0.15, 0.2) is 48.7 Å². The van der Waals surface area contributed by atoms with Crippen LogP contribution in [-0.4, -0.2) is 21.3 Å². The second-order valence-corrected chi connectivity index (χ2v) is 17.9. The van der Waals surface area contributed by atoms with Gasteiger partial charge in [-0.2, -0.15) is 4.58 Å². The predicted molar refractivity (Wildman–Crippen MR) is 206 cm³/mol. The number of hydrogen-bond donors (Lipinski definition) is 1. The zero-order valence-corrected chi connectivity index (χ0v) is 32.2. The summed E-state index contributed by atoms with van der Waals surface area (Å²) in [6.45, 7) is 24.9. The predicted octanol–water partition coefficient (Wildman–Crippen LogP) is 11.0.